The number of carboxylic acids is 1. The Balaban J connectivity index is 2.22. The van der Waals surface area contributed by atoms with Gasteiger partial charge in [-0.25, -0.2) is 4.79 Å². The van der Waals surface area contributed by atoms with E-state index in [4.69, 9.17) is 23.2 Å². The Kier molecular flexibility index (Phi) is 4.94. The molecule has 8 heteroatoms. The minimum atomic E-state index is -1.02. The van der Waals surface area contributed by atoms with Crippen molar-refractivity contribution in [2.45, 2.75) is 13.0 Å². The highest BCUT2D eigenvalue weighted by atomic mass is 35.5. The van der Waals surface area contributed by atoms with E-state index in [0.29, 0.717) is 21.1 Å². The molecular weight excluding hydrogens is 383 g/mol. The van der Waals surface area contributed by atoms with Crippen LogP contribution in [0.4, 0.5) is 0 Å². The molecule has 1 heterocycles. The molecule has 3 rings (SSSR count). The van der Waals surface area contributed by atoms with Crippen molar-refractivity contribution >= 4 is 56.6 Å². The summed E-state index contributed by atoms with van der Waals surface area (Å²) in [6.07, 6.45) is 0. The molecule has 0 radical (unpaired) electrons. The van der Waals surface area contributed by atoms with Gasteiger partial charge in [0.25, 0.3) is 5.91 Å². The number of carboxylic acid groups (broad SMARTS) is 1. The summed E-state index contributed by atoms with van der Waals surface area (Å²) >= 11 is 13.1. The molecule has 0 bridgehead atoms. The number of hydrogen-bond donors (Lipinski definition) is 1. The molecule has 5 nitrogen and oxygen atoms in total. The fourth-order valence-corrected chi connectivity index (χ4v) is 3.92. The Morgan fingerprint density at radius 2 is 1.88 bits per heavy atom. The van der Waals surface area contributed by atoms with Crippen molar-refractivity contribution in [3.63, 3.8) is 0 Å². The van der Waals surface area contributed by atoms with E-state index < -0.39 is 17.9 Å². The first-order chi connectivity index (χ1) is 11.9. The summed E-state index contributed by atoms with van der Waals surface area (Å²) < 4.78 is 2.26. The topological polar surface area (TPSA) is 71.7 Å². The number of benzene rings is 2. The average molecular weight is 395 g/mol. The largest absolute Gasteiger partial charge is 0.480 e. The number of thiazole rings is 1. The Morgan fingerprint density at radius 3 is 2.56 bits per heavy atom. The summed E-state index contributed by atoms with van der Waals surface area (Å²) in [7, 11) is 0. The lowest BCUT2D eigenvalue weighted by atomic mass is 10.2. The molecule has 128 valence electrons. The quantitative estimate of drug-likeness (QED) is 0.715. The van der Waals surface area contributed by atoms with Crippen LogP contribution in [0.25, 0.3) is 10.2 Å². The van der Waals surface area contributed by atoms with Gasteiger partial charge in [-0.3, -0.25) is 4.79 Å². The number of fused-ring (bicyclic) bond motifs is 1. The molecule has 2 aromatic carbocycles. The Labute approximate surface area is 156 Å². The van der Waals surface area contributed by atoms with E-state index in [-0.39, 0.29) is 4.80 Å². The van der Waals surface area contributed by atoms with Crippen molar-refractivity contribution in [1.29, 1.82) is 0 Å². The van der Waals surface area contributed by atoms with Crippen LogP contribution < -0.4 is 4.80 Å². The number of halogens is 2. The first kappa shape index (κ1) is 17.7. The van der Waals surface area contributed by atoms with Crippen LogP contribution in [0.5, 0.6) is 0 Å². The van der Waals surface area contributed by atoms with Crippen molar-refractivity contribution in [1.82, 2.24) is 4.57 Å². The fourth-order valence-electron chi connectivity index (χ4n) is 2.35. The van der Waals surface area contributed by atoms with Crippen LogP contribution in [-0.4, -0.2) is 21.6 Å². The zero-order chi connectivity index (χ0) is 18.1. The molecule has 3 aromatic rings. The van der Waals surface area contributed by atoms with E-state index in [0.717, 1.165) is 4.70 Å². The lowest BCUT2D eigenvalue weighted by Gasteiger charge is -2.10. The SMILES string of the molecule is CC(C(=O)O)n1/c(=N/C(=O)c2cccc(Cl)c2)sc2cc(Cl)ccc21. The minimum Gasteiger partial charge on any atom is -0.480 e. The zero-order valence-electron chi connectivity index (χ0n) is 12.9. The maximum Gasteiger partial charge on any atom is 0.326 e. The van der Waals surface area contributed by atoms with Gasteiger partial charge in [0.2, 0.25) is 0 Å². The van der Waals surface area contributed by atoms with Gasteiger partial charge in [-0.2, -0.15) is 4.99 Å². The number of carbonyl (C=O) groups is 2. The van der Waals surface area contributed by atoms with Crippen LogP contribution in [0.2, 0.25) is 10.0 Å². The van der Waals surface area contributed by atoms with E-state index in [9.17, 15) is 14.7 Å². The normalized spacial score (nSPS) is 13.2. The first-order valence-corrected chi connectivity index (χ1v) is 8.82. The second-order valence-electron chi connectivity index (χ2n) is 5.31. The number of nitrogens with zero attached hydrogens (tertiary/aromatic N) is 2. The number of amides is 1. The van der Waals surface area contributed by atoms with Crippen molar-refractivity contribution < 1.29 is 14.7 Å². The van der Waals surface area contributed by atoms with E-state index in [1.807, 2.05) is 0 Å². The summed E-state index contributed by atoms with van der Waals surface area (Å²) in [5.74, 6) is -1.52. The number of aromatic nitrogens is 1. The number of hydrogen-bond acceptors (Lipinski definition) is 3. The number of rotatable bonds is 3. The monoisotopic (exact) mass is 394 g/mol. The smallest absolute Gasteiger partial charge is 0.326 e. The predicted octanol–water partition coefficient (Wildman–Crippen LogP) is 4.40. The van der Waals surface area contributed by atoms with Crippen LogP contribution in [0.3, 0.4) is 0 Å². The van der Waals surface area contributed by atoms with E-state index in [1.54, 1.807) is 36.4 Å². The Bertz CT molecular complexity index is 1060. The molecule has 0 aliphatic heterocycles. The third-order valence-corrected chi connectivity index (χ3v) is 5.09. The average Bonchev–Trinajstić information content (AvgIpc) is 2.90. The molecule has 0 saturated heterocycles. The lowest BCUT2D eigenvalue weighted by molar-refractivity contribution is -0.140. The van der Waals surface area contributed by atoms with Gasteiger partial charge in [-0.05, 0) is 43.3 Å². The summed E-state index contributed by atoms with van der Waals surface area (Å²) in [6, 6.07) is 10.7. The molecule has 0 fully saturated rings. The third-order valence-electron chi connectivity index (χ3n) is 3.60. The van der Waals surface area contributed by atoms with Gasteiger partial charge in [-0.1, -0.05) is 40.6 Å². The zero-order valence-corrected chi connectivity index (χ0v) is 15.3. The van der Waals surface area contributed by atoms with Crippen LogP contribution in [0.1, 0.15) is 23.3 Å². The van der Waals surface area contributed by atoms with Crippen LogP contribution in [-0.2, 0) is 4.79 Å². The Morgan fingerprint density at radius 1 is 1.16 bits per heavy atom. The Hall–Kier alpha value is -2.15. The standard InChI is InChI=1S/C17H12Cl2N2O3S/c1-9(16(23)24)21-13-6-5-12(19)8-14(13)25-17(21)20-15(22)10-3-2-4-11(18)7-10/h2-9H,1H3,(H,23,24)/b20-17-. The summed E-state index contributed by atoms with van der Waals surface area (Å²) in [5, 5.41) is 10.3. The minimum absolute atomic E-state index is 0.289. The molecule has 25 heavy (non-hydrogen) atoms. The fraction of sp³-hybridized carbons (Fsp3) is 0.118. The van der Waals surface area contributed by atoms with Gasteiger partial charge in [0.05, 0.1) is 10.2 Å². The highest BCUT2D eigenvalue weighted by Crippen LogP contribution is 2.24. The van der Waals surface area contributed by atoms with Gasteiger partial charge >= 0.3 is 5.97 Å². The van der Waals surface area contributed by atoms with Crippen LogP contribution >= 0.6 is 34.5 Å². The van der Waals surface area contributed by atoms with E-state index in [2.05, 4.69) is 4.99 Å². The van der Waals surface area contributed by atoms with Crippen molar-refractivity contribution in [3.8, 4) is 0 Å². The molecule has 0 saturated carbocycles. The molecule has 0 spiro atoms. The van der Waals surface area contributed by atoms with Crippen molar-refractivity contribution in [2.24, 2.45) is 4.99 Å². The second kappa shape index (κ2) is 7.00. The molecule has 1 atom stereocenters. The molecule has 1 unspecified atom stereocenters. The van der Waals surface area contributed by atoms with Crippen LogP contribution in [0.15, 0.2) is 47.5 Å². The summed E-state index contributed by atoms with van der Waals surface area (Å²) in [5.41, 5.74) is 0.986. The summed E-state index contributed by atoms with van der Waals surface area (Å²) in [4.78, 5) is 28.3. The highest BCUT2D eigenvalue weighted by molar-refractivity contribution is 7.16. The van der Waals surface area contributed by atoms with Gasteiger partial charge in [0.1, 0.15) is 6.04 Å². The van der Waals surface area contributed by atoms with Gasteiger partial charge in [0.15, 0.2) is 4.80 Å². The van der Waals surface area contributed by atoms with E-state index in [1.165, 1.54) is 28.9 Å². The third kappa shape index (κ3) is 3.61. The molecule has 0 aliphatic carbocycles. The molecule has 1 amide bonds. The lowest BCUT2D eigenvalue weighted by Crippen LogP contribution is -2.25. The van der Waals surface area contributed by atoms with Gasteiger partial charge in [0, 0.05) is 15.6 Å². The number of aliphatic carboxylic acids is 1. The molecular formula is C17H12Cl2N2O3S. The molecule has 0 aliphatic rings. The second-order valence-corrected chi connectivity index (χ2v) is 7.19. The molecule has 1 aromatic heterocycles. The number of carbonyl (C=O) groups excluding carboxylic acids is 1. The maximum atomic E-state index is 12.4. The summed E-state index contributed by atoms with van der Waals surface area (Å²) in [6.45, 7) is 1.53. The van der Waals surface area contributed by atoms with Gasteiger partial charge in [-0.15, -0.1) is 0 Å². The van der Waals surface area contributed by atoms with Crippen molar-refractivity contribution in [2.75, 3.05) is 0 Å². The van der Waals surface area contributed by atoms with Crippen LogP contribution in [0, 0.1) is 0 Å². The first-order valence-electron chi connectivity index (χ1n) is 7.25. The highest BCUT2D eigenvalue weighted by Gasteiger charge is 2.19. The predicted molar refractivity (Wildman–Crippen MR) is 98.5 cm³/mol. The maximum absolute atomic E-state index is 12.4. The van der Waals surface area contributed by atoms with E-state index >= 15 is 0 Å². The molecule has 1 N–H and O–H groups in total. The van der Waals surface area contributed by atoms with Gasteiger partial charge < -0.3 is 9.67 Å². The van der Waals surface area contributed by atoms with Crippen molar-refractivity contribution in [3.05, 3.63) is 62.9 Å².